The molecule has 0 saturated carbocycles. The Balaban J connectivity index is 1.28. The Morgan fingerprint density at radius 2 is 1.29 bits per heavy atom. The second-order valence-electron chi connectivity index (χ2n) is 13.4. The number of hydrogen-bond acceptors (Lipinski definition) is 4. The summed E-state index contributed by atoms with van der Waals surface area (Å²) in [6, 6.07) is 36.9. The zero-order valence-corrected chi connectivity index (χ0v) is 29.5. The molecule has 0 aliphatic carbocycles. The van der Waals surface area contributed by atoms with E-state index in [0.717, 1.165) is 27.5 Å². The molecule has 0 bridgehead atoms. The van der Waals surface area contributed by atoms with Gasteiger partial charge in [0, 0.05) is 38.2 Å². The summed E-state index contributed by atoms with van der Waals surface area (Å²) in [5.74, 6) is 0.913. The SMILES string of the molecule is [2H]c1cc([2H])c2c(c1[2H])c1c([2H])cc(-c3c([2H])c([2H])c([2H])c([2H])c3[2H])c([2H])c1n2-c1cc(-c2cccc3c2oc2ccccc23)ccc1C1=NC(c2ccccc2)N=C(c2ccccc2)N1. The molecule has 3 heterocycles. The Kier molecular flexibility index (Phi) is 5.46. The summed E-state index contributed by atoms with van der Waals surface area (Å²) in [5, 5.41) is 5.48. The van der Waals surface area contributed by atoms with Crippen LogP contribution in [0.4, 0.5) is 0 Å². The quantitative estimate of drug-likeness (QED) is 0.185. The molecule has 1 unspecified atom stereocenters. The average Bonchev–Trinajstić information content (AvgIpc) is 3.92. The van der Waals surface area contributed by atoms with Gasteiger partial charge in [-0.1, -0.05) is 164 Å². The first-order valence-corrected chi connectivity index (χ1v) is 18.1. The summed E-state index contributed by atoms with van der Waals surface area (Å²) in [6.07, 6.45) is -0.702. The van der Waals surface area contributed by atoms with Crippen molar-refractivity contribution in [2.75, 3.05) is 0 Å². The van der Waals surface area contributed by atoms with Crippen LogP contribution in [0.1, 0.15) is 36.6 Å². The number of rotatable bonds is 6. The molecule has 264 valence electrons. The van der Waals surface area contributed by atoms with Gasteiger partial charge in [0.2, 0.25) is 0 Å². The third-order valence-corrected chi connectivity index (χ3v) is 10.1. The van der Waals surface area contributed by atoms with Crippen LogP contribution < -0.4 is 5.32 Å². The minimum absolute atomic E-state index is 0.0280. The summed E-state index contributed by atoms with van der Waals surface area (Å²) in [6.45, 7) is 0. The number of fused-ring (bicyclic) bond motifs is 6. The molecule has 5 nitrogen and oxygen atoms in total. The van der Waals surface area contributed by atoms with Gasteiger partial charge in [-0.2, -0.15) is 0 Å². The molecule has 0 spiro atoms. The van der Waals surface area contributed by atoms with E-state index in [0.29, 0.717) is 39.7 Å². The van der Waals surface area contributed by atoms with Crippen molar-refractivity contribution in [3.63, 3.8) is 0 Å². The van der Waals surface area contributed by atoms with Gasteiger partial charge < -0.3 is 14.3 Å². The van der Waals surface area contributed by atoms with Crippen LogP contribution in [0.25, 0.3) is 71.7 Å². The number of nitrogens with zero attached hydrogens (tertiary/aromatic N) is 3. The number of aliphatic imine (C=N–C) groups is 2. The number of nitrogens with one attached hydrogen (secondary N) is 1. The van der Waals surface area contributed by atoms with Gasteiger partial charge in [0.05, 0.1) is 30.4 Å². The second-order valence-corrected chi connectivity index (χ2v) is 13.4. The lowest BCUT2D eigenvalue weighted by Crippen LogP contribution is -2.36. The van der Waals surface area contributed by atoms with Gasteiger partial charge in [-0.3, -0.25) is 0 Å². The van der Waals surface area contributed by atoms with Crippen LogP contribution in [-0.4, -0.2) is 16.2 Å². The van der Waals surface area contributed by atoms with Crippen LogP contribution in [0, 0.1) is 0 Å². The van der Waals surface area contributed by atoms with Crippen molar-refractivity contribution in [3.8, 4) is 27.9 Å². The van der Waals surface area contributed by atoms with Crippen molar-refractivity contribution in [2.24, 2.45) is 9.98 Å². The lowest BCUT2D eigenvalue weighted by atomic mass is 9.98. The van der Waals surface area contributed by atoms with Crippen LogP contribution in [0.3, 0.4) is 0 Å². The van der Waals surface area contributed by atoms with Gasteiger partial charge >= 0.3 is 0 Å². The second kappa shape index (κ2) is 13.1. The van der Waals surface area contributed by atoms with Gasteiger partial charge in [-0.05, 0) is 52.5 Å². The highest BCUT2D eigenvalue weighted by Gasteiger charge is 2.25. The topological polar surface area (TPSA) is 54.8 Å². The van der Waals surface area contributed by atoms with E-state index in [9.17, 15) is 5.48 Å². The summed E-state index contributed by atoms with van der Waals surface area (Å²) < 4.78 is 98.1. The molecule has 0 saturated heterocycles. The van der Waals surface area contributed by atoms with E-state index >= 15 is 0 Å². The van der Waals surface area contributed by atoms with E-state index in [-0.39, 0.29) is 63.1 Å². The third kappa shape index (κ3) is 5.32. The molecule has 10 aromatic rings. The highest BCUT2D eigenvalue weighted by atomic mass is 16.3. The van der Waals surface area contributed by atoms with Crippen LogP contribution in [0.15, 0.2) is 208 Å². The number of amidine groups is 2. The predicted octanol–water partition coefficient (Wildman–Crippen LogP) is 12.5. The molecule has 56 heavy (non-hydrogen) atoms. The van der Waals surface area contributed by atoms with Crippen molar-refractivity contribution in [2.45, 2.75) is 6.17 Å². The third-order valence-electron chi connectivity index (χ3n) is 10.1. The predicted molar refractivity (Wildman–Crippen MR) is 231 cm³/mol. The van der Waals surface area contributed by atoms with Gasteiger partial charge in [0.25, 0.3) is 0 Å². The molecule has 1 N–H and O–H groups in total. The first-order chi connectivity index (χ1) is 31.9. The van der Waals surface area contributed by atoms with Crippen LogP contribution >= 0.6 is 0 Å². The fourth-order valence-corrected chi connectivity index (χ4v) is 7.53. The van der Waals surface area contributed by atoms with Gasteiger partial charge in [-0.15, -0.1) is 0 Å². The fourth-order valence-electron chi connectivity index (χ4n) is 7.53. The highest BCUT2D eigenvalue weighted by Crippen LogP contribution is 2.40. The summed E-state index contributed by atoms with van der Waals surface area (Å²) >= 11 is 0. The largest absolute Gasteiger partial charge is 0.455 e. The molecule has 8 aromatic carbocycles. The Morgan fingerprint density at radius 1 is 0.518 bits per heavy atom. The maximum Gasteiger partial charge on any atom is 0.169 e. The lowest BCUT2D eigenvalue weighted by molar-refractivity contribution is 0.670. The Hall–Kier alpha value is -7.50. The number of benzene rings is 8. The summed E-state index contributed by atoms with van der Waals surface area (Å²) in [5.41, 5.74) is 4.98. The highest BCUT2D eigenvalue weighted by molar-refractivity contribution is 6.19. The van der Waals surface area contributed by atoms with Crippen molar-refractivity contribution >= 4 is 55.4 Å². The molecule has 1 aliphatic heterocycles. The summed E-state index contributed by atoms with van der Waals surface area (Å²) in [7, 11) is 0. The van der Waals surface area contributed by atoms with E-state index in [1.54, 1.807) is 4.57 Å². The lowest BCUT2D eigenvalue weighted by Gasteiger charge is -2.24. The number of furan rings is 1. The maximum absolute atomic E-state index is 9.98. The average molecular weight is 729 g/mol. The van der Waals surface area contributed by atoms with E-state index in [1.807, 2.05) is 121 Å². The van der Waals surface area contributed by atoms with E-state index in [2.05, 4.69) is 5.32 Å². The Labute approximate surface area is 337 Å². The zero-order chi connectivity index (χ0) is 45.7. The molecule has 11 rings (SSSR count). The number of para-hydroxylation sites is 3. The molecule has 0 fully saturated rings. The minimum Gasteiger partial charge on any atom is -0.455 e. The molecule has 0 amide bonds. The monoisotopic (exact) mass is 728 g/mol. The summed E-state index contributed by atoms with van der Waals surface area (Å²) in [4.78, 5) is 10.2. The molecule has 2 aromatic heterocycles. The smallest absolute Gasteiger partial charge is 0.169 e. The van der Waals surface area contributed by atoms with Crippen LogP contribution in [-0.2, 0) is 0 Å². The maximum atomic E-state index is 9.98. The van der Waals surface area contributed by atoms with Gasteiger partial charge in [0.1, 0.15) is 22.8 Å². The molecular weight excluding hydrogens is 685 g/mol. The van der Waals surface area contributed by atoms with E-state index in [1.165, 1.54) is 12.1 Å². The van der Waals surface area contributed by atoms with E-state index in [4.69, 9.17) is 22.6 Å². The fraction of sp³-hybridized carbons (Fsp3) is 0.0196. The normalized spacial score (nSPS) is 16.8. The van der Waals surface area contributed by atoms with Crippen molar-refractivity contribution < 1.29 is 18.1 Å². The standard InChI is InChI=1S/C51H34N4O/c1-4-15-33(16-5-1)36-27-29-40-39-21-10-12-25-44(39)55(45(40)31-36)46-32-37(38-23-14-24-42-41-22-11-13-26-47(41)56-48(38)42)28-30-43(46)51-53-49(34-17-6-2-7-18-34)52-50(54-51)35-19-8-3-9-20-35/h1-32,49H,(H,52,53,54)/i1D,4D,5D,10D,15D,16D,21D,25D,29D,31D. The minimum atomic E-state index is -0.702. The Bertz CT molecular complexity index is 3720. The van der Waals surface area contributed by atoms with Crippen molar-refractivity contribution in [1.82, 2.24) is 9.88 Å². The van der Waals surface area contributed by atoms with Crippen molar-refractivity contribution in [1.29, 1.82) is 0 Å². The van der Waals surface area contributed by atoms with Gasteiger partial charge in [0.15, 0.2) is 6.17 Å². The molecule has 0 radical (unpaired) electrons. The Morgan fingerprint density at radius 3 is 2.16 bits per heavy atom. The van der Waals surface area contributed by atoms with E-state index < -0.39 is 36.4 Å². The van der Waals surface area contributed by atoms with Crippen molar-refractivity contribution in [3.05, 3.63) is 211 Å². The zero-order valence-electron chi connectivity index (χ0n) is 39.5. The van der Waals surface area contributed by atoms with Crippen LogP contribution in [0.5, 0.6) is 0 Å². The first-order valence-electron chi connectivity index (χ1n) is 23.1. The van der Waals surface area contributed by atoms with Crippen LogP contribution in [0.2, 0.25) is 0 Å². The number of aromatic nitrogens is 1. The first kappa shape index (κ1) is 23.3. The van der Waals surface area contributed by atoms with Gasteiger partial charge in [-0.25, -0.2) is 9.98 Å². The molecule has 1 atom stereocenters. The molecule has 5 heteroatoms. The molecular formula is C51H34N4O. The molecule has 1 aliphatic rings. The number of hydrogen-bond donors (Lipinski definition) is 1.